The average molecular weight is 214 g/mol. The highest BCUT2D eigenvalue weighted by molar-refractivity contribution is 4.82. The quantitative estimate of drug-likeness (QED) is 0.712. The highest BCUT2D eigenvalue weighted by Gasteiger charge is 2.39. The molecule has 15 heavy (non-hydrogen) atoms. The van der Waals surface area contributed by atoms with Gasteiger partial charge in [0.15, 0.2) is 6.29 Å². The van der Waals surface area contributed by atoms with E-state index in [2.05, 4.69) is 34.6 Å². The molecule has 1 aliphatic rings. The fourth-order valence-electron chi connectivity index (χ4n) is 1.83. The van der Waals surface area contributed by atoms with Crippen molar-refractivity contribution in [1.82, 2.24) is 0 Å². The molecule has 0 aromatic carbocycles. The van der Waals surface area contributed by atoms with Crippen LogP contribution in [0.15, 0.2) is 0 Å². The first-order chi connectivity index (χ1) is 6.99. The summed E-state index contributed by atoms with van der Waals surface area (Å²) >= 11 is 0. The minimum absolute atomic E-state index is 0.00729. The topological polar surface area (TPSA) is 18.5 Å². The molecule has 0 aliphatic carbocycles. The minimum atomic E-state index is -0.00729. The highest BCUT2D eigenvalue weighted by atomic mass is 16.7. The van der Waals surface area contributed by atoms with E-state index in [-0.39, 0.29) is 17.1 Å². The van der Waals surface area contributed by atoms with Crippen molar-refractivity contribution in [3.8, 4) is 0 Å². The fraction of sp³-hybridized carbons (Fsp3) is 1.00. The molecule has 0 aromatic rings. The summed E-state index contributed by atoms with van der Waals surface area (Å²) < 4.78 is 11.8. The monoisotopic (exact) mass is 214 g/mol. The molecular weight excluding hydrogens is 188 g/mol. The maximum absolute atomic E-state index is 5.91. The van der Waals surface area contributed by atoms with Crippen molar-refractivity contribution in [3.05, 3.63) is 0 Å². The lowest BCUT2D eigenvalue weighted by Gasteiger charge is -2.43. The van der Waals surface area contributed by atoms with Gasteiger partial charge in [-0.2, -0.15) is 0 Å². The Labute approximate surface area is 94.3 Å². The van der Waals surface area contributed by atoms with Crippen LogP contribution in [0, 0.1) is 10.8 Å². The van der Waals surface area contributed by atoms with Crippen molar-refractivity contribution < 1.29 is 9.47 Å². The largest absolute Gasteiger partial charge is 0.351 e. The molecule has 2 heteroatoms. The predicted molar refractivity (Wildman–Crippen MR) is 62.8 cm³/mol. The molecule has 0 aromatic heterocycles. The second-order valence-electron chi connectivity index (χ2n) is 5.48. The number of ether oxygens (including phenoxy) is 2. The molecule has 1 fully saturated rings. The van der Waals surface area contributed by atoms with Crippen molar-refractivity contribution in [2.75, 3.05) is 13.2 Å². The van der Waals surface area contributed by atoms with Gasteiger partial charge in [-0.3, -0.25) is 0 Å². The van der Waals surface area contributed by atoms with Crippen LogP contribution in [0.1, 0.15) is 53.9 Å². The Morgan fingerprint density at radius 1 is 1.13 bits per heavy atom. The van der Waals surface area contributed by atoms with E-state index in [1.807, 2.05) is 0 Å². The van der Waals surface area contributed by atoms with Crippen LogP contribution in [0.5, 0.6) is 0 Å². The van der Waals surface area contributed by atoms with Gasteiger partial charge < -0.3 is 9.47 Å². The molecule has 0 N–H and O–H groups in total. The molecule has 1 rings (SSSR count). The van der Waals surface area contributed by atoms with Gasteiger partial charge in [0.05, 0.1) is 13.2 Å². The summed E-state index contributed by atoms with van der Waals surface area (Å²) in [6.45, 7) is 12.8. The van der Waals surface area contributed by atoms with Gasteiger partial charge in [-0.25, -0.2) is 0 Å². The molecule has 1 aliphatic heterocycles. The molecule has 0 atom stereocenters. The molecule has 90 valence electrons. The summed E-state index contributed by atoms with van der Waals surface area (Å²) in [6.07, 6.45) is 3.33. The first-order valence-electron chi connectivity index (χ1n) is 6.23. The minimum Gasteiger partial charge on any atom is -0.351 e. The molecule has 0 saturated carbocycles. The summed E-state index contributed by atoms with van der Waals surface area (Å²) in [6, 6.07) is 0. The lowest BCUT2D eigenvalue weighted by molar-refractivity contribution is -0.270. The zero-order valence-electron chi connectivity index (χ0n) is 10.9. The Morgan fingerprint density at radius 2 is 1.60 bits per heavy atom. The average Bonchev–Trinajstić information content (AvgIpc) is 2.29. The summed E-state index contributed by atoms with van der Waals surface area (Å²) in [4.78, 5) is 0. The van der Waals surface area contributed by atoms with Crippen molar-refractivity contribution in [3.63, 3.8) is 0 Å². The summed E-state index contributed by atoms with van der Waals surface area (Å²) in [5.74, 6) is 0. The standard InChI is InChI=1S/C13H26O2/c1-6-12(4)9-14-11(15-10-12)13(5,7-2)8-3/h11H,6-10H2,1-5H3. The number of hydrogen-bond donors (Lipinski definition) is 0. The first kappa shape index (κ1) is 13.0. The van der Waals surface area contributed by atoms with E-state index in [9.17, 15) is 0 Å². The van der Waals surface area contributed by atoms with Crippen LogP contribution in [0.25, 0.3) is 0 Å². The van der Waals surface area contributed by atoms with Gasteiger partial charge in [0.1, 0.15) is 0 Å². The SMILES string of the molecule is CCC1(C)COC(C(C)(CC)CC)OC1. The van der Waals surface area contributed by atoms with Gasteiger partial charge >= 0.3 is 0 Å². The normalized spacial score (nSPS) is 33.0. The fourth-order valence-corrected chi connectivity index (χ4v) is 1.83. The third-order valence-electron chi connectivity index (χ3n) is 4.20. The van der Waals surface area contributed by atoms with Gasteiger partial charge in [0.25, 0.3) is 0 Å². The molecule has 0 unspecified atom stereocenters. The molecule has 2 nitrogen and oxygen atoms in total. The van der Waals surface area contributed by atoms with E-state index in [4.69, 9.17) is 9.47 Å². The summed E-state index contributed by atoms with van der Waals surface area (Å²) in [7, 11) is 0. The predicted octanol–water partition coefficient (Wildman–Crippen LogP) is 3.60. The van der Waals surface area contributed by atoms with Gasteiger partial charge in [-0.05, 0) is 19.3 Å². The summed E-state index contributed by atoms with van der Waals surface area (Å²) in [5.41, 5.74) is 0.397. The van der Waals surface area contributed by atoms with E-state index in [0.717, 1.165) is 32.5 Å². The maximum atomic E-state index is 5.91. The van der Waals surface area contributed by atoms with Gasteiger partial charge in [0.2, 0.25) is 0 Å². The molecule has 0 spiro atoms. The van der Waals surface area contributed by atoms with Gasteiger partial charge in [-0.15, -0.1) is 0 Å². The van der Waals surface area contributed by atoms with E-state index >= 15 is 0 Å². The van der Waals surface area contributed by atoms with E-state index in [1.54, 1.807) is 0 Å². The van der Waals surface area contributed by atoms with Crippen molar-refractivity contribution >= 4 is 0 Å². The zero-order chi connectivity index (χ0) is 11.5. The van der Waals surface area contributed by atoms with Crippen LogP contribution in [-0.2, 0) is 9.47 Å². The van der Waals surface area contributed by atoms with Crippen LogP contribution in [0.2, 0.25) is 0 Å². The third kappa shape index (κ3) is 2.73. The third-order valence-corrected chi connectivity index (χ3v) is 4.20. The van der Waals surface area contributed by atoms with Crippen molar-refractivity contribution in [2.45, 2.75) is 60.2 Å². The van der Waals surface area contributed by atoms with Crippen LogP contribution >= 0.6 is 0 Å². The lowest BCUT2D eigenvalue weighted by Crippen LogP contribution is -2.46. The summed E-state index contributed by atoms with van der Waals surface area (Å²) in [5, 5.41) is 0. The second-order valence-corrected chi connectivity index (χ2v) is 5.48. The van der Waals surface area contributed by atoms with Gasteiger partial charge in [-0.1, -0.05) is 34.6 Å². The van der Waals surface area contributed by atoms with E-state index < -0.39 is 0 Å². The van der Waals surface area contributed by atoms with E-state index in [1.165, 1.54) is 0 Å². The Morgan fingerprint density at radius 3 is 1.93 bits per heavy atom. The van der Waals surface area contributed by atoms with Crippen LogP contribution < -0.4 is 0 Å². The molecule has 0 bridgehead atoms. The zero-order valence-corrected chi connectivity index (χ0v) is 10.9. The Kier molecular flexibility index (Phi) is 4.19. The Bertz CT molecular complexity index is 189. The molecule has 0 radical (unpaired) electrons. The van der Waals surface area contributed by atoms with Crippen LogP contribution in [0.4, 0.5) is 0 Å². The smallest absolute Gasteiger partial charge is 0.162 e. The lowest BCUT2D eigenvalue weighted by atomic mass is 9.82. The number of rotatable bonds is 4. The molecule has 1 saturated heterocycles. The van der Waals surface area contributed by atoms with E-state index in [0.29, 0.717) is 0 Å². The first-order valence-corrected chi connectivity index (χ1v) is 6.23. The highest BCUT2D eigenvalue weighted by Crippen LogP contribution is 2.38. The Hall–Kier alpha value is -0.0800. The molecule has 1 heterocycles. The van der Waals surface area contributed by atoms with Crippen LogP contribution in [-0.4, -0.2) is 19.5 Å². The molecule has 0 amide bonds. The second kappa shape index (κ2) is 4.84. The van der Waals surface area contributed by atoms with Gasteiger partial charge in [0, 0.05) is 10.8 Å². The maximum Gasteiger partial charge on any atom is 0.162 e. The van der Waals surface area contributed by atoms with Crippen molar-refractivity contribution in [2.24, 2.45) is 10.8 Å². The Balaban J connectivity index is 2.57. The molecular formula is C13H26O2. The van der Waals surface area contributed by atoms with Crippen molar-refractivity contribution in [1.29, 1.82) is 0 Å². The van der Waals surface area contributed by atoms with Crippen LogP contribution in [0.3, 0.4) is 0 Å². The number of hydrogen-bond acceptors (Lipinski definition) is 2.